The Kier molecular flexibility index (Phi) is 9.17. The minimum atomic E-state index is -1.05. The second-order valence-electron chi connectivity index (χ2n) is 6.69. The number of hydrogen-bond donors (Lipinski definition) is 1. The number of aliphatic carboxylic acids is 1. The van der Waals surface area contributed by atoms with Crippen molar-refractivity contribution < 1.29 is 19.4 Å². The number of esters is 1. The quantitative estimate of drug-likeness (QED) is 0.527. The van der Waals surface area contributed by atoms with E-state index in [9.17, 15) is 14.7 Å². The van der Waals surface area contributed by atoms with Crippen molar-refractivity contribution in [3.8, 4) is 0 Å². The minimum absolute atomic E-state index is 0.208. The summed E-state index contributed by atoms with van der Waals surface area (Å²) in [5.41, 5.74) is 0. The van der Waals surface area contributed by atoms with Crippen LogP contribution in [0.2, 0.25) is 0 Å². The zero-order valence-corrected chi connectivity index (χ0v) is 14.2. The first-order valence-corrected chi connectivity index (χ1v) is 8.97. The lowest BCUT2D eigenvalue weighted by Gasteiger charge is -2.20. The van der Waals surface area contributed by atoms with Crippen molar-refractivity contribution in [1.82, 2.24) is 0 Å². The lowest BCUT2D eigenvalue weighted by Crippen LogP contribution is -2.28. The Morgan fingerprint density at radius 1 is 1.14 bits per heavy atom. The molecule has 4 heteroatoms. The molecule has 1 saturated carbocycles. The summed E-state index contributed by atoms with van der Waals surface area (Å²) in [5, 5.41) is 9.25. The molecular weight excluding hydrogens is 280 g/mol. The van der Waals surface area contributed by atoms with Crippen molar-refractivity contribution >= 4 is 11.9 Å². The molecular formula is C18H32O4. The summed E-state index contributed by atoms with van der Waals surface area (Å²) in [6, 6.07) is 0. The molecule has 128 valence electrons. The maximum Gasteiger partial charge on any atom is 0.320 e. The summed E-state index contributed by atoms with van der Waals surface area (Å²) in [7, 11) is 0. The molecule has 1 fully saturated rings. The first kappa shape index (κ1) is 19.0. The zero-order valence-electron chi connectivity index (χ0n) is 14.2. The molecule has 0 radical (unpaired) electrons. The molecule has 0 aromatic rings. The van der Waals surface area contributed by atoms with Gasteiger partial charge in [-0.1, -0.05) is 64.7 Å². The molecule has 1 aliphatic rings. The standard InChI is InChI=1S/C18H32O4/c1-3-14(2)22-18(21)16(17(19)20)13-9-12-15-10-7-5-4-6-8-11-15/h14-16H,3-13H2,1-2H3,(H,19,20). The van der Waals surface area contributed by atoms with E-state index in [1.807, 2.05) is 6.92 Å². The van der Waals surface area contributed by atoms with Crippen molar-refractivity contribution in [2.75, 3.05) is 0 Å². The van der Waals surface area contributed by atoms with Gasteiger partial charge in [-0.05, 0) is 25.7 Å². The lowest BCUT2D eigenvalue weighted by molar-refractivity contribution is -0.162. The minimum Gasteiger partial charge on any atom is -0.481 e. The first-order chi connectivity index (χ1) is 10.5. The second-order valence-corrected chi connectivity index (χ2v) is 6.69. The molecule has 1 N–H and O–H groups in total. The number of hydrogen-bond acceptors (Lipinski definition) is 3. The van der Waals surface area contributed by atoms with E-state index in [0.29, 0.717) is 18.8 Å². The van der Waals surface area contributed by atoms with Gasteiger partial charge in [-0.3, -0.25) is 9.59 Å². The summed E-state index contributed by atoms with van der Waals surface area (Å²) >= 11 is 0. The van der Waals surface area contributed by atoms with Gasteiger partial charge in [0, 0.05) is 0 Å². The van der Waals surface area contributed by atoms with Crippen molar-refractivity contribution in [1.29, 1.82) is 0 Å². The molecule has 2 atom stereocenters. The van der Waals surface area contributed by atoms with E-state index in [1.54, 1.807) is 6.92 Å². The number of carboxylic acid groups (broad SMARTS) is 1. The molecule has 22 heavy (non-hydrogen) atoms. The summed E-state index contributed by atoms with van der Waals surface area (Å²) in [5.74, 6) is -1.91. The molecule has 1 rings (SSSR count). The average Bonchev–Trinajstić information content (AvgIpc) is 2.44. The summed E-state index contributed by atoms with van der Waals surface area (Å²) < 4.78 is 5.18. The molecule has 0 saturated heterocycles. The van der Waals surface area contributed by atoms with Crippen LogP contribution in [0.5, 0.6) is 0 Å². The maximum absolute atomic E-state index is 11.9. The van der Waals surface area contributed by atoms with Crippen molar-refractivity contribution in [3.05, 3.63) is 0 Å². The van der Waals surface area contributed by atoms with E-state index in [4.69, 9.17) is 4.74 Å². The number of carbonyl (C=O) groups excluding carboxylic acids is 1. The molecule has 4 nitrogen and oxygen atoms in total. The van der Waals surface area contributed by atoms with Crippen LogP contribution >= 0.6 is 0 Å². The van der Waals surface area contributed by atoms with E-state index in [1.165, 1.54) is 44.9 Å². The van der Waals surface area contributed by atoms with Gasteiger partial charge in [0.2, 0.25) is 0 Å². The molecule has 0 aromatic heterocycles. The van der Waals surface area contributed by atoms with Crippen LogP contribution in [0.3, 0.4) is 0 Å². The van der Waals surface area contributed by atoms with Crippen LogP contribution in [0.25, 0.3) is 0 Å². The van der Waals surface area contributed by atoms with Crippen LogP contribution in [0, 0.1) is 11.8 Å². The Bertz CT molecular complexity index is 332. The summed E-state index contributed by atoms with van der Waals surface area (Å²) in [4.78, 5) is 23.2. The fraction of sp³-hybridized carbons (Fsp3) is 0.889. The smallest absolute Gasteiger partial charge is 0.320 e. The Balaban J connectivity index is 2.36. The molecule has 0 spiro atoms. The van der Waals surface area contributed by atoms with Crippen LogP contribution in [0.1, 0.15) is 84.5 Å². The van der Waals surface area contributed by atoms with E-state index < -0.39 is 17.9 Å². The molecule has 0 bridgehead atoms. The summed E-state index contributed by atoms with van der Waals surface area (Å²) in [6.45, 7) is 3.72. The van der Waals surface area contributed by atoms with Crippen molar-refractivity contribution in [2.45, 2.75) is 90.6 Å². The predicted molar refractivity (Wildman–Crippen MR) is 86.6 cm³/mol. The Morgan fingerprint density at radius 2 is 1.73 bits per heavy atom. The molecule has 0 amide bonds. The van der Waals surface area contributed by atoms with Crippen LogP contribution in [-0.4, -0.2) is 23.1 Å². The predicted octanol–water partition coefficient (Wildman–Crippen LogP) is 4.56. The Labute approximate surface area is 134 Å². The highest BCUT2D eigenvalue weighted by Gasteiger charge is 2.28. The molecule has 0 heterocycles. The largest absolute Gasteiger partial charge is 0.481 e. The van der Waals surface area contributed by atoms with Gasteiger partial charge in [-0.25, -0.2) is 0 Å². The van der Waals surface area contributed by atoms with Gasteiger partial charge in [0.1, 0.15) is 0 Å². The first-order valence-electron chi connectivity index (χ1n) is 8.97. The highest BCUT2D eigenvalue weighted by atomic mass is 16.5. The Morgan fingerprint density at radius 3 is 2.27 bits per heavy atom. The fourth-order valence-electron chi connectivity index (χ4n) is 3.15. The maximum atomic E-state index is 11.9. The van der Waals surface area contributed by atoms with Crippen molar-refractivity contribution in [2.24, 2.45) is 11.8 Å². The normalized spacial score (nSPS) is 19.7. The third kappa shape index (κ3) is 7.28. The van der Waals surface area contributed by atoms with Crippen LogP contribution in [-0.2, 0) is 14.3 Å². The van der Waals surface area contributed by atoms with E-state index >= 15 is 0 Å². The van der Waals surface area contributed by atoms with Gasteiger partial charge in [0.25, 0.3) is 0 Å². The van der Waals surface area contributed by atoms with Crippen molar-refractivity contribution in [3.63, 3.8) is 0 Å². The highest BCUT2D eigenvalue weighted by Crippen LogP contribution is 2.27. The van der Waals surface area contributed by atoms with Gasteiger partial charge in [0.05, 0.1) is 6.10 Å². The van der Waals surface area contributed by atoms with E-state index in [0.717, 1.165) is 12.8 Å². The van der Waals surface area contributed by atoms with Gasteiger partial charge in [0.15, 0.2) is 5.92 Å². The monoisotopic (exact) mass is 312 g/mol. The molecule has 2 unspecified atom stereocenters. The van der Waals surface area contributed by atoms with Gasteiger partial charge >= 0.3 is 11.9 Å². The fourth-order valence-corrected chi connectivity index (χ4v) is 3.15. The van der Waals surface area contributed by atoms with Gasteiger partial charge in [-0.2, -0.15) is 0 Å². The zero-order chi connectivity index (χ0) is 16.4. The van der Waals surface area contributed by atoms with E-state index in [2.05, 4.69) is 0 Å². The topological polar surface area (TPSA) is 63.6 Å². The summed E-state index contributed by atoms with van der Waals surface area (Å²) in [6.07, 6.45) is 11.9. The third-order valence-corrected chi connectivity index (χ3v) is 4.80. The van der Waals surface area contributed by atoms with Crippen LogP contribution in [0.4, 0.5) is 0 Å². The van der Waals surface area contributed by atoms with Crippen LogP contribution < -0.4 is 0 Å². The second kappa shape index (κ2) is 10.6. The third-order valence-electron chi connectivity index (χ3n) is 4.80. The average molecular weight is 312 g/mol. The molecule has 0 aliphatic heterocycles. The van der Waals surface area contributed by atoms with E-state index in [-0.39, 0.29) is 6.10 Å². The number of carbonyl (C=O) groups is 2. The van der Waals surface area contributed by atoms with Gasteiger partial charge < -0.3 is 9.84 Å². The highest BCUT2D eigenvalue weighted by molar-refractivity contribution is 5.93. The SMILES string of the molecule is CCC(C)OC(=O)C(CCCC1CCCCCCC1)C(=O)O. The number of carboxylic acids is 1. The number of ether oxygens (including phenoxy) is 1. The lowest BCUT2D eigenvalue weighted by atomic mass is 9.86. The molecule has 0 aromatic carbocycles. The molecule has 1 aliphatic carbocycles. The van der Waals surface area contributed by atoms with Gasteiger partial charge in [-0.15, -0.1) is 0 Å². The number of rotatable bonds is 8. The van der Waals surface area contributed by atoms with Crippen LogP contribution in [0.15, 0.2) is 0 Å². The Hall–Kier alpha value is -1.06.